The molecule has 4 nitrogen and oxygen atoms in total. The molecule has 1 aromatic rings. The predicted molar refractivity (Wildman–Crippen MR) is 58.9 cm³/mol. The Bertz CT molecular complexity index is 490. The topological polar surface area (TPSA) is 73.1 Å². The molecule has 0 aromatic heterocycles. The number of aliphatic carboxylic acids is 1. The number of anilines is 1. The molecule has 0 amide bonds. The van der Waals surface area contributed by atoms with E-state index in [0.717, 1.165) is 0 Å². The number of rotatable bonds is 3. The molecule has 0 saturated heterocycles. The van der Waals surface area contributed by atoms with Gasteiger partial charge in [-0.1, -0.05) is 0 Å². The highest BCUT2D eigenvalue weighted by atomic mass is 19.1. The second-order valence-electron chi connectivity index (χ2n) is 4.15. The number of carbonyl (C=O) groups is 1. The van der Waals surface area contributed by atoms with Crippen LogP contribution >= 0.6 is 0 Å². The van der Waals surface area contributed by atoms with E-state index in [1.807, 2.05) is 0 Å². The smallest absolute Gasteiger partial charge is 0.306 e. The lowest BCUT2D eigenvalue weighted by atomic mass is 9.80. The fourth-order valence-electron chi connectivity index (χ4n) is 1.87. The summed E-state index contributed by atoms with van der Waals surface area (Å²) in [7, 11) is 0. The zero-order valence-electron chi connectivity index (χ0n) is 8.98. The molecular weight excluding hydrogens is 223 g/mol. The van der Waals surface area contributed by atoms with Gasteiger partial charge < -0.3 is 10.4 Å². The molecule has 0 atom stereocenters. The van der Waals surface area contributed by atoms with E-state index in [9.17, 15) is 9.18 Å². The van der Waals surface area contributed by atoms with Crippen molar-refractivity contribution < 1.29 is 14.3 Å². The standard InChI is InChI=1S/C12H11FN2O2/c13-11-2-1-9(5-8(11)6-14)15-10-3-7(4-10)12(16)17/h1-2,5,7,10,15H,3-4H2,(H,16,17)/t7-,10+. The maximum atomic E-state index is 13.0. The zero-order chi connectivity index (χ0) is 12.4. The van der Waals surface area contributed by atoms with Gasteiger partial charge >= 0.3 is 5.97 Å². The van der Waals surface area contributed by atoms with Crippen LogP contribution in [0.4, 0.5) is 10.1 Å². The molecule has 0 aliphatic heterocycles. The molecule has 0 spiro atoms. The minimum Gasteiger partial charge on any atom is -0.481 e. The zero-order valence-corrected chi connectivity index (χ0v) is 8.98. The number of halogens is 1. The third kappa shape index (κ3) is 2.36. The van der Waals surface area contributed by atoms with Crippen LogP contribution in [0.2, 0.25) is 0 Å². The molecule has 1 aromatic carbocycles. The van der Waals surface area contributed by atoms with Crippen molar-refractivity contribution in [3.8, 4) is 6.07 Å². The highest BCUT2D eigenvalue weighted by Crippen LogP contribution is 2.30. The quantitative estimate of drug-likeness (QED) is 0.838. The van der Waals surface area contributed by atoms with E-state index >= 15 is 0 Å². The molecule has 1 fully saturated rings. The minimum absolute atomic E-state index is 0.0101. The summed E-state index contributed by atoms with van der Waals surface area (Å²) in [4.78, 5) is 10.6. The first-order chi connectivity index (χ1) is 8.10. The van der Waals surface area contributed by atoms with Crippen molar-refractivity contribution in [1.82, 2.24) is 0 Å². The van der Waals surface area contributed by atoms with Gasteiger partial charge in [-0.15, -0.1) is 0 Å². The predicted octanol–water partition coefficient (Wildman–Crippen LogP) is 1.97. The first kappa shape index (κ1) is 11.4. The van der Waals surface area contributed by atoms with Gasteiger partial charge in [-0.25, -0.2) is 4.39 Å². The van der Waals surface area contributed by atoms with Crippen LogP contribution in [-0.4, -0.2) is 17.1 Å². The van der Waals surface area contributed by atoms with Crippen LogP contribution < -0.4 is 5.32 Å². The summed E-state index contributed by atoms with van der Waals surface area (Å²) in [6, 6.07) is 6.06. The molecule has 1 saturated carbocycles. The lowest BCUT2D eigenvalue weighted by Crippen LogP contribution is -2.39. The van der Waals surface area contributed by atoms with Crippen molar-refractivity contribution in [2.24, 2.45) is 5.92 Å². The summed E-state index contributed by atoms with van der Waals surface area (Å²) in [5, 5.41) is 20.5. The first-order valence-corrected chi connectivity index (χ1v) is 5.29. The Hall–Kier alpha value is -2.09. The molecule has 0 bridgehead atoms. The van der Waals surface area contributed by atoms with Gasteiger partial charge in [0.05, 0.1) is 11.5 Å². The summed E-state index contributed by atoms with van der Waals surface area (Å²) in [6.45, 7) is 0. The van der Waals surface area contributed by atoms with Crippen molar-refractivity contribution in [2.45, 2.75) is 18.9 Å². The molecule has 0 radical (unpaired) electrons. The maximum Gasteiger partial charge on any atom is 0.306 e. The van der Waals surface area contributed by atoms with E-state index in [-0.39, 0.29) is 17.5 Å². The van der Waals surface area contributed by atoms with E-state index < -0.39 is 11.8 Å². The van der Waals surface area contributed by atoms with Crippen LogP contribution in [0, 0.1) is 23.1 Å². The fourth-order valence-corrected chi connectivity index (χ4v) is 1.87. The number of carboxylic acid groups (broad SMARTS) is 1. The third-order valence-corrected chi connectivity index (χ3v) is 2.94. The molecule has 2 rings (SSSR count). The van der Waals surface area contributed by atoms with Crippen molar-refractivity contribution in [3.05, 3.63) is 29.6 Å². The van der Waals surface area contributed by atoms with Gasteiger partial charge in [0.25, 0.3) is 0 Å². The lowest BCUT2D eigenvalue weighted by molar-refractivity contribution is -0.144. The normalized spacial score (nSPS) is 22.4. The second-order valence-corrected chi connectivity index (χ2v) is 4.15. The Kier molecular flexibility index (Phi) is 2.96. The molecule has 2 N–H and O–H groups in total. The molecule has 1 aliphatic carbocycles. The van der Waals surface area contributed by atoms with Crippen LogP contribution in [-0.2, 0) is 4.79 Å². The Morgan fingerprint density at radius 1 is 1.53 bits per heavy atom. The Morgan fingerprint density at radius 2 is 2.24 bits per heavy atom. The van der Waals surface area contributed by atoms with Gasteiger partial charge in [-0.3, -0.25) is 4.79 Å². The van der Waals surface area contributed by atoms with Crippen LogP contribution in [0.15, 0.2) is 18.2 Å². The Balaban J connectivity index is 1.97. The average Bonchev–Trinajstić information content (AvgIpc) is 2.24. The Morgan fingerprint density at radius 3 is 2.82 bits per heavy atom. The highest BCUT2D eigenvalue weighted by Gasteiger charge is 2.34. The number of benzene rings is 1. The second kappa shape index (κ2) is 4.42. The van der Waals surface area contributed by atoms with Crippen molar-refractivity contribution >= 4 is 11.7 Å². The SMILES string of the molecule is N#Cc1cc(N[C@H]2C[C@@H](C(=O)O)C2)ccc1F. The van der Waals surface area contributed by atoms with Crippen molar-refractivity contribution in [3.63, 3.8) is 0 Å². The van der Waals surface area contributed by atoms with Gasteiger partial charge in [0.2, 0.25) is 0 Å². The van der Waals surface area contributed by atoms with Crippen LogP contribution in [0.1, 0.15) is 18.4 Å². The van der Waals surface area contributed by atoms with E-state index in [0.29, 0.717) is 18.5 Å². The minimum atomic E-state index is -0.778. The van der Waals surface area contributed by atoms with Crippen molar-refractivity contribution in [2.75, 3.05) is 5.32 Å². The average molecular weight is 234 g/mol. The van der Waals surface area contributed by atoms with Crippen LogP contribution in [0.3, 0.4) is 0 Å². The number of hydrogen-bond donors (Lipinski definition) is 2. The van der Waals surface area contributed by atoms with E-state index in [1.165, 1.54) is 12.1 Å². The number of hydrogen-bond acceptors (Lipinski definition) is 3. The van der Waals surface area contributed by atoms with Gasteiger partial charge in [-0.2, -0.15) is 5.26 Å². The van der Waals surface area contributed by atoms with Gasteiger partial charge in [-0.05, 0) is 31.0 Å². The third-order valence-electron chi connectivity index (χ3n) is 2.94. The van der Waals surface area contributed by atoms with Gasteiger partial charge in [0.15, 0.2) is 0 Å². The fraction of sp³-hybridized carbons (Fsp3) is 0.333. The number of nitrogens with one attached hydrogen (secondary N) is 1. The monoisotopic (exact) mass is 234 g/mol. The molecule has 1 aliphatic rings. The van der Waals surface area contributed by atoms with Gasteiger partial charge in [0.1, 0.15) is 11.9 Å². The maximum absolute atomic E-state index is 13.0. The molecule has 0 heterocycles. The van der Waals surface area contributed by atoms with Crippen LogP contribution in [0.25, 0.3) is 0 Å². The summed E-state index contributed by atoms with van der Waals surface area (Å²) in [5.41, 5.74) is 0.640. The van der Waals surface area contributed by atoms with E-state index in [1.54, 1.807) is 12.1 Å². The molecular formula is C12H11FN2O2. The number of carboxylic acids is 1. The highest BCUT2D eigenvalue weighted by molar-refractivity contribution is 5.71. The summed E-state index contributed by atoms with van der Waals surface area (Å²) >= 11 is 0. The number of nitriles is 1. The molecule has 17 heavy (non-hydrogen) atoms. The largest absolute Gasteiger partial charge is 0.481 e. The molecule has 5 heteroatoms. The summed E-state index contributed by atoms with van der Waals surface area (Å²) < 4.78 is 13.0. The van der Waals surface area contributed by atoms with E-state index in [2.05, 4.69) is 5.32 Å². The molecule has 0 unspecified atom stereocenters. The first-order valence-electron chi connectivity index (χ1n) is 5.29. The Labute approximate surface area is 97.7 Å². The number of nitrogens with zero attached hydrogens (tertiary/aromatic N) is 1. The van der Waals surface area contributed by atoms with Gasteiger partial charge in [0, 0.05) is 11.7 Å². The summed E-state index contributed by atoms with van der Waals surface area (Å²) in [6.07, 6.45) is 1.13. The van der Waals surface area contributed by atoms with E-state index in [4.69, 9.17) is 10.4 Å². The lowest BCUT2D eigenvalue weighted by Gasteiger charge is -2.33. The van der Waals surface area contributed by atoms with Crippen LogP contribution in [0.5, 0.6) is 0 Å². The summed E-state index contributed by atoms with van der Waals surface area (Å²) in [5.74, 6) is -1.61. The molecule has 88 valence electrons. The van der Waals surface area contributed by atoms with Crippen molar-refractivity contribution in [1.29, 1.82) is 5.26 Å².